The fourth-order valence-corrected chi connectivity index (χ4v) is 4.37. The van der Waals surface area contributed by atoms with E-state index in [0.717, 1.165) is 56.5 Å². The summed E-state index contributed by atoms with van der Waals surface area (Å²) >= 11 is 0. The minimum atomic E-state index is 0.181. The van der Waals surface area contributed by atoms with Crippen molar-refractivity contribution in [3.63, 3.8) is 0 Å². The van der Waals surface area contributed by atoms with Gasteiger partial charge in [0.25, 0.3) is 0 Å². The van der Waals surface area contributed by atoms with Crippen LogP contribution in [0.5, 0.6) is 0 Å². The van der Waals surface area contributed by atoms with Crippen LogP contribution in [0.4, 0.5) is 11.6 Å². The standard InChI is InChI=1S/C27H34N6O/c1-22(2)19-26(34)33-16-8-15-32(27-29-13-7-14-30-27)18-17-31(21-24-10-5-6-12-28-24)20-23-9-3-4-11-25(23)33/h3-7,9-14,22H,8,15-21H2,1-2H3. The molecule has 178 valence electrons. The van der Waals surface area contributed by atoms with Crippen molar-refractivity contribution in [1.29, 1.82) is 0 Å². The molecule has 0 aliphatic carbocycles. The van der Waals surface area contributed by atoms with Gasteiger partial charge in [-0.3, -0.25) is 14.7 Å². The first kappa shape index (κ1) is 23.8. The molecule has 1 amide bonds. The highest BCUT2D eigenvalue weighted by molar-refractivity contribution is 5.94. The molecule has 7 nitrogen and oxygen atoms in total. The van der Waals surface area contributed by atoms with E-state index in [0.29, 0.717) is 18.9 Å². The molecule has 0 saturated heterocycles. The molecule has 34 heavy (non-hydrogen) atoms. The third-order valence-corrected chi connectivity index (χ3v) is 6.00. The monoisotopic (exact) mass is 458 g/mol. The molecule has 0 fully saturated rings. The van der Waals surface area contributed by atoms with Gasteiger partial charge in [0, 0.05) is 70.0 Å². The third kappa shape index (κ3) is 6.38. The lowest BCUT2D eigenvalue weighted by Crippen LogP contribution is -2.37. The molecule has 0 bridgehead atoms. The number of amides is 1. The molecule has 1 aromatic carbocycles. The Kier molecular flexibility index (Phi) is 8.20. The van der Waals surface area contributed by atoms with Crippen LogP contribution in [0.25, 0.3) is 0 Å². The summed E-state index contributed by atoms with van der Waals surface area (Å²) in [6.07, 6.45) is 6.79. The normalized spacial score (nSPS) is 15.6. The van der Waals surface area contributed by atoms with Gasteiger partial charge in [0.2, 0.25) is 11.9 Å². The molecule has 3 aromatic rings. The Morgan fingerprint density at radius 1 is 0.882 bits per heavy atom. The van der Waals surface area contributed by atoms with Crippen LogP contribution in [0.15, 0.2) is 67.1 Å². The lowest BCUT2D eigenvalue weighted by Gasteiger charge is -2.28. The molecule has 2 aromatic heterocycles. The number of carbonyl (C=O) groups excluding carboxylic acids is 1. The zero-order valence-electron chi connectivity index (χ0n) is 20.2. The Morgan fingerprint density at radius 3 is 2.41 bits per heavy atom. The zero-order valence-corrected chi connectivity index (χ0v) is 20.2. The van der Waals surface area contributed by atoms with Crippen molar-refractivity contribution < 1.29 is 4.79 Å². The van der Waals surface area contributed by atoms with Crippen LogP contribution in [0.2, 0.25) is 0 Å². The van der Waals surface area contributed by atoms with Gasteiger partial charge < -0.3 is 9.80 Å². The Hall–Kier alpha value is -3.32. The first-order valence-electron chi connectivity index (χ1n) is 12.1. The highest BCUT2D eigenvalue weighted by Gasteiger charge is 2.23. The number of nitrogens with zero attached hydrogens (tertiary/aromatic N) is 6. The van der Waals surface area contributed by atoms with Crippen molar-refractivity contribution in [1.82, 2.24) is 19.9 Å². The van der Waals surface area contributed by atoms with E-state index in [2.05, 4.69) is 62.9 Å². The van der Waals surface area contributed by atoms with Crippen molar-refractivity contribution in [3.8, 4) is 0 Å². The number of rotatable bonds is 5. The summed E-state index contributed by atoms with van der Waals surface area (Å²) in [6, 6.07) is 16.2. The van der Waals surface area contributed by atoms with Gasteiger partial charge in [-0.1, -0.05) is 38.1 Å². The van der Waals surface area contributed by atoms with Gasteiger partial charge in [-0.25, -0.2) is 9.97 Å². The number of carbonyl (C=O) groups is 1. The number of fused-ring (bicyclic) bond motifs is 1. The second-order valence-electron chi connectivity index (χ2n) is 9.19. The highest BCUT2D eigenvalue weighted by atomic mass is 16.2. The van der Waals surface area contributed by atoms with Crippen molar-refractivity contribution in [2.75, 3.05) is 36.0 Å². The summed E-state index contributed by atoms with van der Waals surface area (Å²) < 4.78 is 0. The molecule has 0 N–H and O–H groups in total. The summed E-state index contributed by atoms with van der Waals surface area (Å²) in [6.45, 7) is 8.77. The zero-order chi connectivity index (χ0) is 23.8. The Labute approximate surface area is 202 Å². The fraction of sp³-hybridized carbons (Fsp3) is 0.407. The molecule has 1 aliphatic rings. The number of hydrogen-bond acceptors (Lipinski definition) is 6. The van der Waals surface area contributed by atoms with Gasteiger partial charge in [-0.2, -0.15) is 0 Å². The number of hydrogen-bond donors (Lipinski definition) is 0. The van der Waals surface area contributed by atoms with E-state index < -0.39 is 0 Å². The average Bonchev–Trinajstić information content (AvgIpc) is 2.88. The summed E-state index contributed by atoms with van der Waals surface area (Å²) in [7, 11) is 0. The van der Waals surface area contributed by atoms with E-state index in [1.807, 2.05) is 35.4 Å². The number of pyridine rings is 1. The van der Waals surface area contributed by atoms with E-state index in [1.165, 1.54) is 5.56 Å². The molecule has 0 spiro atoms. The van der Waals surface area contributed by atoms with Crippen molar-refractivity contribution in [2.45, 2.75) is 39.8 Å². The van der Waals surface area contributed by atoms with Gasteiger partial charge in [0.15, 0.2) is 0 Å². The minimum absolute atomic E-state index is 0.181. The Balaban J connectivity index is 1.66. The van der Waals surface area contributed by atoms with E-state index in [4.69, 9.17) is 0 Å². The molecule has 0 unspecified atom stereocenters. The van der Waals surface area contributed by atoms with Crippen LogP contribution in [0.1, 0.15) is 37.9 Å². The summed E-state index contributed by atoms with van der Waals surface area (Å²) in [5.74, 6) is 1.23. The van der Waals surface area contributed by atoms with Crippen LogP contribution >= 0.6 is 0 Å². The number of para-hydroxylation sites is 1. The predicted octanol–water partition coefficient (Wildman–Crippen LogP) is 4.16. The molecular formula is C27H34N6O. The first-order chi connectivity index (χ1) is 16.6. The third-order valence-electron chi connectivity index (χ3n) is 6.00. The lowest BCUT2D eigenvalue weighted by molar-refractivity contribution is -0.119. The number of aromatic nitrogens is 3. The van der Waals surface area contributed by atoms with Crippen LogP contribution in [-0.2, 0) is 17.9 Å². The SMILES string of the molecule is CC(C)CC(=O)N1CCCN(c2ncccn2)CCN(Cc2ccccn2)Cc2ccccc21. The lowest BCUT2D eigenvalue weighted by atomic mass is 10.1. The van der Waals surface area contributed by atoms with Gasteiger partial charge in [-0.15, -0.1) is 0 Å². The quantitative estimate of drug-likeness (QED) is 0.572. The maximum Gasteiger partial charge on any atom is 0.227 e. The predicted molar refractivity (Wildman–Crippen MR) is 135 cm³/mol. The van der Waals surface area contributed by atoms with Crippen LogP contribution in [0.3, 0.4) is 0 Å². The van der Waals surface area contributed by atoms with Crippen LogP contribution in [0, 0.1) is 5.92 Å². The number of anilines is 2. The first-order valence-corrected chi connectivity index (χ1v) is 12.1. The topological polar surface area (TPSA) is 65.5 Å². The molecule has 0 atom stereocenters. The van der Waals surface area contributed by atoms with Crippen molar-refractivity contribution in [3.05, 3.63) is 78.4 Å². The maximum absolute atomic E-state index is 13.3. The highest BCUT2D eigenvalue weighted by Crippen LogP contribution is 2.25. The second-order valence-corrected chi connectivity index (χ2v) is 9.19. The van der Waals surface area contributed by atoms with E-state index in [9.17, 15) is 4.79 Å². The van der Waals surface area contributed by atoms with Crippen LogP contribution < -0.4 is 9.80 Å². The fourth-order valence-electron chi connectivity index (χ4n) is 4.37. The molecule has 0 radical (unpaired) electrons. The van der Waals surface area contributed by atoms with Gasteiger partial charge in [-0.05, 0) is 42.2 Å². The summed E-state index contributed by atoms with van der Waals surface area (Å²) in [4.78, 5) is 33.5. The maximum atomic E-state index is 13.3. The van der Waals surface area contributed by atoms with E-state index in [1.54, 1.807) is 12.4 Å². The molecular weight excluding hydrogens is 424 g/mol. The largest absolute Gasteiger partial charge is 0.339 e. The minimum Gasteiger partial charge on any atom is -0.339 e. The smallest absolute Gasteiger partial charge is 0.227 e. The molecule has 0 saturated carbocycles. The Morgan fingerprint density at radius 2 is 1.65 bits per heavy atom. The van der Waals surface area contributed by atoms with Gasteiger partial charge >= 0.3 is 0 Å². The molecule has 3 heterocycles. The van der Waals surface area contributed by atoms with E-state index >= 15 is 0 Å². The average molecular weight is 459 g/mol. The van der Waals surface area contributed by atoms with E-state index in [-0.39, 0.29) is 5.91 Å². The van der Waals surface area contributed by atoms with Gasteiger partial charge in [0.05, 0.1) is 5.69 Å². The van der Waals surface area contributed by atoms with Crippen molar-refractivity contribution in [2.24, 2.45) is 5.92 Å². The van der Waals surface area contributed by atoms with Gasteiger partial charge in [0.1, 0.15) is 0 Å². The summed E-state index contributed by atoms with van der Waals surface area (Å²) in [5.41, 5.74) is 3.22. The van der Waals surface area contributed by atoms with Crippen LogP contribution in [-0.4, -0.2) is 51.9 Å². The number of benzene rings is 1. The molecule has 1 aliphatic heterocycles. The molecule has 4 rings (SSSR count). The Bertz CT molecular complexity index is 1040. The second kappa shape index (κ2) is 11.7. The summed E-state index contributed by atoms with van der Waals surface area (Å²) in [5, 5.41) is 0. The van der Waals surface area contributed by atoms with Crippen molar-refractivity contribution >= 4 is 17.5 Å². The molecule has 7 heteroatoms.